The van der Waals surface area contributed by atoms with Gasteiger partial charge in [0, 0.05) is 19.1 Å². The maximum atomic E-state index is 12.8. The SMILES string of the molecule is O=C(NCC1CCOC1)c1cccc(F)n1. The molecular formula is C11H13FN2O2. The Hall–Kier alpha value is -1.49. The van der Waals surface area contributed by atoms with Crippen LogP contribution in [0.25, 0.3) is 0 Å². The Morgan fingerprint density at radius 2 is 2.50 bits per heavy atom. The molecule has 0 spiro atoms. The minimum atomic E-state index is -0.642. The number of amides is 1. The van der Waals surface area contributed by atoms with E-state index < -0.39 is 5.95 Å². The second-order valence-electron chi connectivity index (χ2n) is 3.79. The lowest BCUT2D eigenvalue weighted by Gasteiger charge is -2.08. The number of nitrogens with zero attached hydrogens (tertiary/aromatic N) is 1. The normalized spacial score (nSPS) is 19.7. The van der Waals surface area contributed by atoms with Crippen molar-refractivity contribution in [3.05, 3.63) is 29.8 Å². The fourth-order valence-corrected chi connectivity index (χ4v) is 1.61. The molecule has 1 saturated heterocycles. The van der Waals surface area contributed by atoms with Gasteiger partial charge in [0.15, 0.2) is 0 Å². The van der Waals surface area contributed by atoms with Crippen molar-refractivity contribution >= 4 is 5.91 Å². The van der Waals surface area contributed by atoms with Gasteiger partial charge in [-0.25, -0.2) is 4.98 Å². The maximum Gasteiger partial charge on any atom is 0.270 e. The van der Waals surface area contributed by atoms with Crippen LogP contribution in [0.5, 0.6) is 0 Å². The zero-order valence-corrected chi connectivity index (χ0v) is 8.78. The molecule has 2 heterocycles. The summed E-state index contributed by atoms with van der Waals surface area (Å²) in [6, 6.07) is 4.17. The summed E-state index contributed by atoms with van der Waals surface area (Å²) in [4.78, 5) is 15.1. The summed E-state index contributed by atoms with van der Waals surface area (Å²) < 4.78 is 17.9. The van der Waals surface area contributed by atoms with Crippen molar-refractivity contribution in [3.63, 3.8) is 0 Å². The third-order valence-electron chi connectivity index (χ3n) is 2.52. The smallest absolute Gasteiger partial charge is 0.270 e. The average Bonchev–Trinajstić information content (AvgIpc) is 2.78. The summed E-state index contributed by atoms with van der Waals surface area (Å²) in [6.07, 6.45) is 0.955. The zero-order valence-electron chi connectivity index (χ0n) is 8.78. The number of hydrogen-bond donors (Lipinski definition) is 1. The highest BCUT2D eigenvalue weighted by molar-refractivity contribution is 5.92. The van der Waals surface area contributed by atoms with Crippen molar-refractivity contribution < 1.29 is 13.9 Å². The molecule has 1 aliphatic heterocycles. The van der Waals surface area contributed by atoms with Crippen molar-refractivity contribution in [1.82, 2.24) is 10.3 Å². The van der Waals surface area contributed by atoms with Gasteiger partial charge in [0.25, 0.3) is 5.91 Å². The minimum Gasteiger partial charge on any atom is -0.381 e. The summed E-state index contributed by atoms with van der Waals surface area (Å²) in [7, 11) is 0. The van der Waals surface area contributed by atoms with Crippen molar-refractivity contribution in [2.75, 3.05) is 19.8 Å². The van der Waals surface area contributed by atoms with Crippen LogP contribution < -0.4 is 5.32 Å². The molecule has 1 fully saturated rings. The van der Waals surface area contributed by atoms with Crippen LogP contribution in [0.2, 0.25) is 0 Å². The predicted molar refractivity (Wildman–Crippen MR) is 55.5 cm³/mol. The van der Waals surface area contributed by atoms with Crippen LogP contribution in [0.4, 0.5) is 4.39 Å². The molecule has 1 unspecified atom stereocenters. The van der Waals surface area contributed by atoms with Gasteiger partial charge in [-0.05, 0) is 18.6 Å². The van der Waals surface area contributed by atoms with Gasteiger partial charge in [-0.15, -0.1) is 0 Å². The summed E-state index contributed by atoms with van der Waals surface area (Å²) in [6.45, 7) is 1.98. The number of halogens is 1. The number of carbonyl (C=O) groups excluding carboxylic acids is 1. The molecule has 1 N–H and O–H groups in total. The first-order valence-corrected chi connectivity index (χ1v) is 5.24. The van der Waals surface area contributed by atoms with E-state index in [1.165, 1.54) is 18.2 Å². The molecule has 86 valence electrons. The highest BCUT2D eigenvalue weighted by Crippen LogP contribution is 2.10. The number of rotatable bonds is 3. The molecular weight excluding hydrogens is 211 g/mol. The van der Waals surface area contributed by atoms with Gasteiger partial charge < -0.3 is 10.1 Å². The topological polar surface area (TPSA) is 51.2 Å². The van der Waals surface area contributed by atoms with E-state index in [4.69, 9.17) is 4.74 Å². The van der Waals surface area contributed by atoms with Gasteiger partial charge >= 0.3 is 0 Å². The fourth-order valence-electron chi connectivity index (χ4n) is 1.61. The van der Waals surface area contributed by atoms with Crippen LogP contribution in [-0.4, -0.2) is 30.6 Å². The van der Waals surface area contributed by atoms with Gasteiger partial charge in [0.2, 0.25) is 5.95 Å². The van der Waals surface area contributed by atoms with Crippen LogP contribution in [-0.2, 0) is 4.74 Å². The molecule has 1 amide bonds. The molecule has 0 aromatic carbocycles. The van der Waals surface area contributed by atoms with Gasteiger partial charge in [-0.2, -0.15) is 4.39 Å². The lowest BCUT2D eigenvalue weighted by Crippen LogP contribution is -2.30. The first-order chi connectivity index (χ1) is 7.75. The lowest BCUT2D eigenvalue weighted by molar-refractivity contribution is 0.0939. The summed E-state index contributed by atoms with van der Waals surface area (Å²) >= 11 is 0. The Bertz CT molecular complexity index is 378. The Kier molecular flexibility index (Phi) is 3.46. The first kappa shape index (κ1) is 11.0. The Balaban J connectivity index is 1.87. The van der Waals surface area contributed by atoms with E-state index in [2.05, 4.69) is 10.3 Å². The van der Waals surface area contributed by atoms with E-state index in [1.54, 1.807) is 0 Å². The Morgan fingerprint density at radius 3 is 3.19 bits per heavy atom. The molecule has 1 aromatic heterocycles. The number of nitrogens with one attached hydrogen (secondary N) is 1. The average molecular weight is 224 g/mol. The van der Waals surface area contributed by atoms with E-state index in [1.807, 2.05) is 0 Å². The number of pyridine rings is 1. The Labute approximate surface area is 92.8 Å². The second-order valence-corrected chi connectivity index (χ2v) is 3.79. The molecule has 5 heteroatoms. The monoisotopic (exact) mass is 224 g/mol. The first-order valence-electron chi connectivity index (χ1n) is 5.24. The summed E-state index contributed by atoms with van der Waals surface area (Å²) in [5, 5.41) is 2.72. The standard InChI is InChI=1S/C11H13FN2O2/c12-10-3-1-2-9(14-10)11(15)13-6-8-4-5-16-7-8/h1-3,8H,4-7H2,(H,13,15). The largest absolute Gasteiger partial charge is 0.381 e. The van der Waals surface area contributed by atoms with Crippen molar-refractivity contribution in [2.45, 2.75) is 6.42 Å². The molecule has 2 rings (SSSR count). The van der Waals surface area contributed by atoms with E-state index in [-0.39, 0.29) is 11.6 Å². The highest BCUT2D eigenvalue weighted by atomic mass is 19.1. The second kappa shape index (κ2) is 5.03. The number of carbonyl (C=O) groups is 1. The predicted octanol–water partition coefficient (Wildman–Crippen LogP) is 0.987. The van der Waals surface area contributed by atoms with Gasteiger partial charge in [-0.3, -0.25) is 4.79 Å². The van der Waals surface area contributed by atoms with Crippen molar-refractivity contribution in [1.29, 1.82) is 0 Å². The summed E-state index contributed by atoms with van der Waals surface area (Å²) in [5.74, 6) is -0.624. The number of aromatic nitrogens is 1. The molecule has 16 heavy (non-hydrogen) atoms. The maximum absolute atomic E-state index is 12.8. The van der Waals surface area contributed by atoms with E-state index in [9.17, 15) is 9.18 Å². The Morgan fingerprint density at radius 1 is 1.62 bits per heavy atom. The van der Waals surface area contributed by atoms with Gasteiger partial charge in [0.05, 0.1) is 6.61 Å². The van der Waals surface area contributed by atoms with Crippen LogP contribution >= 0.6 is 0 Å². The molecule has 1 atom stereocenters. The van der Waals surface area contributed by atoms with Gasteiger partial charge in [-0.1, -0.05) is 6.07 Å². The third-order valence-corrected chi connectivity index (χ3v) is 2.52. The third kappa shape index (κ3) is 2.76. The summed E-state index contributed by atoms with van der Waals surface area (Å²) in [5.41, 5.74) is 0.110. The van der Waals surface area contributed by atoms with Crippen molar-refractivity contribution in [2.24, 2.45) is 5.92 Å². The highest BCUT2D eigenvalue weighted by Gasteiger charge is 2.17. The van der Waals surface area contributed by atoms with E-state index in [0.717, 1.165) is 13.0 Å². The van der Waals surface area contributed by atoms with Gasteiger partial charge in [0.1, 0.15) is 5.69 Å². The van der Waals surface area contributed by atoms with Crippen LogP contribution in [0.3, 0.4) is 0 Å². The van der Waals surface area contributed by atoms with E-state index >= 15 is 0 Å². The molecule has 1 aromatic rings. The van der Waals surface area contributed by atoms with Crippen LogP contribution in [0.1, 0.15) is 16.9 Å². The molecule has 1 aliphatic rings. The molecule has 0 radical (unpaired) electrons. The van der Waals surface area contributed by atoms with Crippen molar-refractivity contribution in [3.8, 4) is 0 Å². The minimum absolute atomic E-state index is 0.110. The fraction of sp³-hybridized carbons (Fsp3) is 0.455. The molecule has 0 bridgehead atoms. The number of hydrogen-bond acceptors (Lipinski definition) is 3. The zero-order chi connectivity index (χ0) is 11.4. The lowest BCUT2D eigenvalue weighted by atomic mass is 10.1. The van der Waals surface area contributed by atoms with Crippen LogP contribution in [0.15, 0.2) is 18.2 Å². The molecule has 4 nitrogen and oxygen atoms in total. The molecule has 0 aliphatic carbocycles. The molecule has 0 saturated carbocycles. The number of ether oxygens (including phenoxy) is 1. The van der Waals surface area contributed by atoms with Crippen LogP contribution in [0, 0.1) is 11.9 Å². The van der Waals surface area contributed by atoms with E-state index in [0.29, 0.717) is 19.1 Å². The quantitative estimate of drug-likeness (QED) is 0.779.